The molecular weight excluding hydrogens is 781 g/mol. The minimum atomic E-state index is -0.0761. The van der Waals surface area contributed by atoms with E-state index in [1.807, 2.05) is 109 Å². The molecule has 0 bridgehead atoms. The third kappa shape index (κ3) is 7.76. The van der Waals surface area contributed by atoms with E-state index in [2.05, 4.69) is 0 Å². The van der Waals surface area contributed by atoms with Gasteiger partial charge in [-0.05, 0) is 23.3 Å². The van der Waals surface area contributed by atoms with Crippen molar-refractivity contribution >= 4 is 69.6 Å². The number of benzene rings is 6. The largest absolute Gasteiger partial charge is 0.453 e. The standard InChI is InChI=1S/2C20H9Cl3N2O/c2*21-17-14(10-24)15(11-25)18(22)20(19(17)23)26-16-9-5-4-8-13(16)12-6-2-1-3-7-12/h2*1-9H. The highest BCUT2D eigenvalue weighted by molar-refractivity contribution is 6.46. The molecule has 0 aliphatic carbocycles. The van der Waals surface area contributed by atoms with Crippen LogP contribution in [-0.4, -0.2) is 0 Å². The summed E-state index contributed by atoms with van der Waals surface area (Å²) in [6.45, 7) is 0. The van der Waals surface area contributed by atoms with Crippen LogP contribution in [0.1, 0.15) is 22.3 Å². The van der Waals surface area contributed by atoms with Crippen LogP contribution < -0.4 is 9.47 Å². The smallest absolute Gasteiger partial charge is 0.167 e. The van der Waals surface area contributed by atoms with Crippen molar-refractivity contribution in [2.45, 2.75) is 0 Å². The fraction of sp³-hybridized carbons (Fsp3) is 0. The van der Waals surface area contributed by atoms with E-state index in [-0.39, 0.29) is 63.9 Å². The highest BCUT2D eigenvalue weighted by Gasteiger charge is 2.25. The minimum absolute atomic E-state index is 0.0184. The van der Waals surface area contributed by atoms with Crippen molar-refractivity contribution in [3.8, 4) is 69.5 Å². The van der Waals surface area contributed by atoms with Crippen LogP contribution in [0.2, 0.25) is 30.1 Å². The zero-order chi connectivity index (χ0) is 37.4. The Labute approximate surface area is 329 Å². The lowest BCUT2D eigenvalue weighted by atomic mass is 10.0. The molecule has 6 nitrogen and oxygen atoms in total. The summed E-state index contributed by atoms with van der Waals surface area (Å²) in [4.78, 5) is 0. The number of nitrogens with zero attached hydrogens (tertiary/aromatic N) is 4. The number of nitriles is 4. The van der Waals surface area contributed by atoms with Crippen molar-refractivity contribution in [1.29, 1.82) is 21.0 Å². The summed E-state index contributed by atoms with van der Waals surface area (Å²) >= 11 is 37.3. The number of para-hydroxylation sites is 2. The second-order valence-electron chi connectivity index (χ2n) is 10.4. The number of rotatable bonds is 6. The van der Waals surface area contributed by atoms with Gasteiger partial charge in [0.1, 0.15) is 55.9 Å². The van der Waals surface area contributed by atoms with E-state index in [1.165, 1.54) is 0 Å². The van der Waals surface area contributed by atoms with Crippen LogP contribution in [0.5, 0.6) is 23.0 Å². The molecule has 0 fully saturated rings. The zero-order valence-corrected chi connectivity index (χ0v) is 30.8. The number of halogens is 6. The molecule has 0 aromatic heterocycles. The molecule has 0 heterocycles. The van der Waals surface area contributed by atoms with E-state index in [0.717, 1.165) is 22.3 Å². The molecular formula is C40H18Cl6N4O2. The third-order valence-corrected chi connectivity index (χ3v) is 9.77. The lowest BCUT2D eigenvalue weighted by Crippen LogP contribution is -1.96. The predicted molar refractivity (Wildman–Crippen MR) is 206 cm³/mol. The molecule has 52 heavy (non-hydrogen) atoms. The first-order valence-corrected chi connectivity index (χ1v) is 17.1. The third-order valence-electron chi connectivity index (χ3n) is 7.38. The molecule has 0 unspecified atom stereocenters. The van der Waals surface area contributed by atoms with Crippen LogP contribution in [-0.2, 0) is 0 Å². The summed E-state index contributed by atoms with van der Waals surface area (Å²) < 4.78 is 11.9. The minimum Gasteiger partial charge on any atom is -0.453 e. The zero-order valence-electron chi connectivity index (χ0n) is 26.3. The maximum absolute atomic E-state index is 9.33. The summed E-state index contributed by atoms with van der Waals surface area (Å²) in [7, 11) is 0. The van der Waals surface area contributed by atoms with Crippen molar-refractivity contribution in [1.82, 2.24) is 0 Å². The van der Waals surface area contributed by atoms with Crippen LogP contribution >= 0.6 is 69.6 Å². The maximum Gasteiger partial charge on any atom is 0.167 e. The highest BCUT2D eigenvalue weighted by Crippen LogP contribution is 2.48. The molecule has 0 spiro atoms. The second-order valence-corrected chi connectivity index (χ2v) is 12.7. The van der Waals surface area contributed by atoms with Gasteiger partial charge in [0.2, 0.25) is 0 Å². The van der Waals surface area contributed by atoms with Crippen LogP contribution in [0.25, 0.3) is 22.3 Å². The molecule has 6 aromatic carbocycles. The monoisotopic (exact) mass is 796 g/mol. The van der Waals surface area contributed by atoms with Crippen LogP contribution in [0.4, 0.5) is 0 Å². The topological polar surface area (TPSA) is 114 Å². The Kier molecular flexibility index (Phi) is 12.5. The van der Waals surface area contributed by atoms with E-state index >= 15 is 0 Å². The van der Waals surface area contributed by atoms with Gasteiger partial charge >= 0.3 is 0 Å². The summed E-state index contributed by atoms with van der Waals surface area (Å²) in [5.41, 5.74) is 3.22. The van der Waals surface area contributed by atoms with Gasteiger partial charge in [0.25, 0.3) is 0 Å². The molecule has 6 rings (SSSR count). The first-order valence-electron chi connectivity index (χ1n) is 14.8. The Morgan fingerprint density at radius 1 is 0.346 bits per heavy atom. The Hall–Kier alpha value is -5.38. The van der Waals surface area contributed by atoms with Gasteiger partial charge in [0.05, 0.1) is 32.3 Å². The highest BCUT2D eigenvalue weighted by atomic mass is 35.5. The Bertz CT molecular complexity index is 2310. The number of hydrogen-bond acceptors (Lipinski definition) is 6. The van der Waals surface area contributed by atoms with Gasteiger partial charge in [-0.25, -0.2) is 0 Å². The van der Waals surface area contributed by atoms with Crippen molar-refractivity contribution < 1.29 is 9.47 Å². The Balaban J connectivity index is 0.000000201. The molecule has 0 radical (unpaired) electrons. The Morgan fingerprint density at radius 2 is 0.635 bits per heavy atom. The van der Waals surface area contributed by atoms with Gasteiger partial charge in [-0.3, -0.25) is 0 Å². The molecule has 252 valence electrons. The van der Waals surface area contributed by atoms with E-state index in [4.69, 9.17) is 79.1 Å². The first kappa shape index (κ1) is 37.9. The van der Waals surface area contributed by atoms with E-state index < -0.39 is 0 Å². The van der Waals surface area contributed by atoms with Crippen molar-refractivity contribution in [2.24, 2.45) is 0 Å². The summed E-state index contributed by atoms with van der Waals surface area (Å²) in [6.07, 6.45) is 0. The molecule has 12 heteroatoms. The molecule has 0 amide bonds. The molecule has 0 atom stereocenters. The van der Waals surface area contributed by atoms with Crippen LogP contribution in [0, 0.1) is 45.3 Å². The normalized spacial score (nSPS) is 10.0. The first-order chi connectivity index (χ1) is 25.2. The average Bonchev–Trinajstić information content (AvgIpc) is 3.19. The maximum atomic E-state index is 9.33. The summed E-state index contributed by atoms with van der Waals surface area (Å²) in [5, 5.41) is 36.8. The van der Waals surface area contributed by atoms with Gasteiger partial charge in [0, 0.05) is 11.1 Å². The number of hydrogen-bond donors (Lipinski definition) is 0. The van der Waals surface area contributed by atoms with Gasteiger partial charge in [-0.15, -0.1) is 0 Å². The molecule has 0 N–H and O–H groups in total. The second kappa shape index (κ2) is 17.2. The fourth-order valence-corrected chi connectivity index (χ4v) is 6.46. The SMILES string of the molecule is N#Cc1c(Cl)c(Cl)c(Oc2ccccc2-c2ccccc2)c(Cl)c1C#N.N#Cc1c(Cl)c(Cl)c(Oc2ccccc2-c2ccccc2)c(Cl)c1C#N. The molecule has 6 aromatic rings. The average molecular weight is 799 g/mol. The lowest BCUT2D eigenvalue weighted by Gasteiger charge is -2.16. The lowest BCUT2D eigenvalue weighted by molar-refractivity contribution is 0.484. The molecule has 0 saturated carbocycles. The van der Waals surface area contributed by atoms with Crippen molar-refractivity contribution in [3.05, 3.63) is 162 Å². The van der Waals surface area contributed by atoms with Crippen molar-refractivity contribution in [2.75, 3.05) is 0 Å². The summed E-state index contributed by atoms with van der Waals surface area (Å²) in [5.74, 6) is 1.06. The fourth-order valence-electron chi connectivity index (χ4n) is 4.92. The quantitative estimate of drug-likeness (QED) is 0.155. The van der Waals surface area contributed by atoms with Crippen LogP contribution in [0.3, 0.4) is 0 Å². The van der Waals surface area contributed by atoms with Gasteiger partial charge in [0.15, 0.2) is 11.5 Å². The van der Waals surface area contributed by atoms with E-state index in [0.29, 0.717) is 11.5 Å². The molecule has 0 saturated heterocycles. The van der Waals surface area contributed by atoms with Gasteiger partial charge in [-0.2, -0.15) is 21.0 Å². The van der Waals surface area contributed by atoms with Gasteiger partial charge < -0.3 is 9.47 Å². The summed E-state index contributed by atoms with van der Waals surface area (Å²) in [6, 6.07) is 41.4. The van der Waals surface area contributed by atoms with Crippen LogP contribution in [0.15, 0.2) is 109 Å². The van der Waals surface area contributed by atoms with Gasteiger partial charge in [-0.1, -0.05) is 167 Å². The predicted octanol–water partition coefficient (Wildman–Crippen LogP) is 13.7. The molecule has 0 aliphatic rings. The van der Waals surface area contributed by atoms with Crippen molar-refractivity contribution in [3.63, 3.8) is 0 Å². The number of ether oxygens (including phenoxy) is 2. The van der Waals surface area contributed by atoms with E-state index in [1.54, 1.807) is 24.3 Å². The Morgan fingerprint density at radius 3 is 0.962 bits per heavy atom. The van der Waals surface area contributed by atoms with E-state index in [9.17, 15) is 21.0 Å². The molecule has 0 aliphatic heterocycles.